The Kier molecular flexibility index (Phi) is 3.96. The first kappa shape index (κ1) is 14.1. The Morgan fingerprint density at radius 1 is 1.42 bits per heavy atom. The quantitative estimate of drug-likeness (QED) is 0.788. The molecule has 5 heteroatoms. The van der Waals surface area contributed by atoms with Gasteiger partial charge in [-0.2, -0.15) is 0 Å². The zero-order chi connectivity index (χ0) is 14.0. The van der Waals surface area contributed by atoms with Crippen LogP contribution in [0.1, 0.15) is 24.2 Å². The highest BCUT2D eigenvalue weighted by Crippen LogP contribution is 2.20. The Labute approximate surface area is 111 Å². The number of ketones is 1. The van der Waals surface area contributed by atoms with E-state index in [9.17, 15) is 13.6 Å². The van der Waals surface area contributed by atoms with Crippen molar-refractivity contribution in [2.24, 2.45) is 0 Å². The van der Waals surface area contributed by atoms with E-state index < -0.39 is 11.6 Å². The molecule has 0 saturated carbocycles. The minimum atomic E-state index is -0.809. The first-order valence-electron chi connectivity index (χ1n) is 6.21. The molecule has 1 aliphatic heterocycles. The maximum atomic E-state index is 13.5. The summed E-state index contributed by atoms with van der Waals surface area (Å²) in [7, 11) is 0. The van der Waals surface area contributed by atoms with Crippen LogP contribution < -0.4 is 0 Å². The maximum absolute atomic E-state index is 13.5. The molecule has 1 aliphatic rings. The second-order valence-electron chi connectivity index (χ2n) is 5.33. The van der Waals surface area contributed by atoms with Gasteiger partial charge in [-0.05, 0) is 26.0 Å². The van der Waals surface area contributed by atoms with Crippen LogP contribution in [0.5, 0.6) is 0 Å². The second-order valence-corrected chi connectivity index (χ2v) is 5.33. The van der Waals surface area contributed by atoms with Crippen LogP contribution in [0.2, 0.25) is 0 Å². The number of ether oxygens (including phenoxy) is 1. The van der Waals surface area contributed by atoms with E-state index in [0.29, 0.717) is 19.8 Å². The highest BCUT2D eigenvalue weighted by atomic mass is 19.1. The molecule has 104 valence electrons. The number of hydrogen-bond acceptors (Lipinski definition) is 3. The first-order valence-corrected chi connectivity index (χ1v) is 6.21. The van der Waals surface area contributed by atoms with Gasteiger partial charge in [0.05, 0.1) is 25.3 Å². The van der Waals surface area contributed by atoms with Crippen LogP contribution in [0.3, 0.4) is 0 Å². The van der Waals surface area contributed by atoms with Gasteiger partial charge in [0.2, 0.25) is 0 Å². The summed E-state index contributed by atoms with van der Waals surface area (Å²) in [4.78, 5) is 14.0. The van der Waals surface area contributed by atoms with Gasteiger partial charge in [-0.3, -0.25) is 9.69 Å². The van der Waals surface area contributed by atoms with Crippen LogP contribution in [0.15, 0.2) is 18.2 Å². The zero-order valence-corrected chi connectivity index (χ0v) is 11.1. The molecule has 1 saturated heterocycles. The van der Waals surface area contributed by atoms with E-state index in [1.165, 1.54) is 6.07 Å². The second kappa shape index (κ2) is 5.35. The van der Waals surface area contributed by atoms with Gasteiger partial charge in [-0.25, -0.2) is 8.78 Å². The van der Waals surface area contributed by atoms with Gasteiger partial charge in [0, 0.05) is 18.2 Å². The SMILES string of the molecule is CC1(C)COCCN1CC(=O)c1ccc(F)cc1F. The van der Waals surface area contributed by atoms with E-state index >= 15 is 0 Å². The van der Waals surface area contributed by atoms with Gasteiger partial charge < -0.3 is 4.74 Å². The predicted molar refractivity (Wildman–Crippen MR) is 67.2 cm³/mol. The van der Waals surface area contributed by atoms with Crippen molar-refractivity contribution in [1.82, 2.24) is 4.90 Å². The summed E-state index contributed by atoms with van der Waals surface area (Å²) in [6.45, 7) is 5.77. The molecule has 19 heavy (non-hydrogen) atoms. The van der Waals surface area contributed by atoms with Crippen molar-refractivity contribution in [2.75, 3.05) is 26.3 Å². The minimum absolute atomic E-state index is 0.0660. The molecule has 2 rings (SSSR count). The molecule has 0 atom stereocenters. The third-order valence-electron chi connectivity index (χ3n) is 3.38. The first-order chi connectivity index (χ1) is 8.90. The van der Waals surface area contributed by atoms with Crippen molar-refractivity contribution in [3.05, 3.63) is 35.4 Å². The normalized spacial score (nSPS) is 19.4. The number of morpholine rings is 1. The van der Waals surface area contributed by atoms with Crippen molar-refractivity contribution in [3.8, 4) is 0 Å². The van der Waals surface area contributed by atoms with E-state index in [0.717, 1.165) is 12.1 Å². The fraction of sp³-hybridized carbons (Fsp3) is 0.500. The lowest BCUT2D eigenvalue weighted by atomic mass is 10.0. The maximum Gasteiger partial charge on any atom is 0.179 e. The van der Waals surface area contributed by atoms with Crippen LogP contribution in [0.25, 0.3) is 0 Å². The summed E-state index contributed by atoms with van der Waals surface area (Å²) >= 11 is 0. The fourth-order valence-electron chi connectivity index (χ4n) is 2.16. The molecule has 0 unspecified atom stereocenters. The molecule has 1 fully saturated rings. The van der Waals surface area contributed by atoms with Gasteiger partial charge in [-0.15, -0.1) is 0 Å². The largest absolute Gasteiger partial charge is 0.378 e. The Hall–Kier alpha value is -1.33. The molecule has 0 N–H and O–H groups in total. The number of halogens is 2. The molecule has 1 aromatic carbocycles. The van der Waals surface area contributed by atoms with E-state index in [-0.39, 0.29) is 23.4 Å². The molecule has 1 aromatic rings. The smallest absolute Gasteiger partial charge is 0.179 e. The zero-order valence-electron chi connectivity index (χ0n) is 11.1. The molecule has 3 nitrogen and oxygen atoms in total. The van der Waals surface area contributed by atoms with Gasteiger partial charge in [0.1, 0.15) is 11.6 Å². The van der Waals surface area contributed by atoms with Gasteiger partial charge >= 0.3 is 0 Å². The molecule has 0 radical (unpaired) electrons. The van der Waals surface area contributed by atoms with Crippen LogP contribution in [-0.2, 0) is 4.74 Å². The van der Waals surface area contributed by atoms with Crippen LogP contribution >= 0.6 is 0 Å². The number of benzene rings is 1. The van der Waals surface area contributed by atoms with Crippen molar-refractivity contribution < 1.29 is 18.3 Å². The Bertz CT molecular complexity index is 488. The average molecular weight is 269 g/mol. The van der Waals surface area contributed by atoms with Crippen molar-refractivity contribution in [1.29, 1.82) is 0 Å². The van der Waals surface area contributed by atoms with Gasteiger partial charge in [-0.1, -0.05) is 0 Å². The van der Waals surface area contributed by atoms with E-state index in [1.807, 2.05) is 18.7 Å². The van der Waals surface area contributed by atoms with Gasteiger partial charge in [0.25, 0.3) is 0 Å². The molecular weight excluding hydrogens is 252 g/mol. The summed E-state index contributed by atoms with van der Waals surface area (Å²) in [6, 6.07) is 3.03. The minimum Gasteiger partial charge on any atom is -0.378 e. The molecule has 0 aliphatic carbocycles. The number of Topliss-reactive ketones (excluding diaryl/α,β-unsaturated/α-hetero) is 1. The average Bonchev–Trinajstić information content (AvgIpc) is 2.31. The third-order valence-corrected chi connectivity index (χ3v) is 3.38. The van der Waals surface area contributed by atoms with Crippen LogP contribution in [0.4, 0.5) is 8.78 Å². The number of rotatable bonds is 3. The highest BCUT2D eigenvalue weighted by molar-refractivity contribution is 5.97. The lowest BCUT2D eigenvalue weighted by molar-refractivity contribution is -0.0467. The number of carbonyl (C=O) groups is 1. The topological polar surface area (TPSA) is 29.5 Å². The summed E-state index contributed by atoms with van der Waals surface area (Å²) < 4.78 is 31.7. The predicted octanol–water partition coefficient (Wildman–Crippen LogP) is 2.26. The lowest BCUT2D eigenvalue weighted by Gasteiger charge is -2.41. The van der Waals surface area contributed by atoms with Crippen LogP contribution in [-0.4, -0.2) is 42.5 Å². The van der Waals surface area contributed by atoms with Crippen molar-refractivity contribution >= 4 is 5.78 Å². The highest BCUT2D eigenvalue weighted by Gasteiger charge is 2.32. The third kappa shape index (κ3) is 3.16. The standard InChI is InChI=1S/C14H17F2NO2/c1-14(2)9-19-6-5-17(14)8-13(18)11-4-3-10(15)7-12(11)16/h3-4,7H,5-6,8-9H2,1-2H3. The van der Waals surface area contributed by atoms with E-state index in [4.69, 9.17) is 4.74 Å². The monoisotopic (exact) mass is 269 g/mol. The molecule has 1 heterocycles. The number of hydrogen-bond donors (Lipinski definition) is 0. The summed E-state index contributed by atoms with van der Waals surface area (Å²) in [5, 5.41) is 0. The Morgan fingerprint density at radius 2 is 2.16 bits per heavy atom. The van der Waals surface area contributed by atoms with Crippen LogP contribution in [0, 0.1) is 11.6 Å². The molecule has 0 spiro atoms. The Balaban J connectivity index is 2.12. The summed E-state index contributed by atoms with van der Waals surface area (Å²) in [6.07, 6.45) is 0. The molecule has 0 amide bonds. The van der Waals surface area contributed by atoms with E-state index in [2.05, 4.69) is 0 Å². The lowest BCUT2D eigenvalue weighted by Crippen LogP contribution is -2.54. The Morgan fingerprint density at radius 3 is 2.79 bits per heavy atom. The molecular formula is C14H17F2NO2. The molecule has 0 bridgehead atoms. The van der Waals surface area contributed by atoms with Gasteiger partial charge in [0.15, 0.2) is 5.78 Å². The summed E-state index contributed by atoms with van der Waals surface area (Å²) in [5.41, 5.74) is -0.326. The number of carbonyl (C=O) groups excluding carboxylic acids is 1. The fourth-order valence-corrected chi connectivity index (χ4v) is 2.16. The van der Waals surface area contributed by atoms with Crippen molar-refractivity contribution in [3.63, 3.8) is 0 Å². The van der Waals surface area contributed by atoms with Crippen molar-refractivity contribution in [2.45, 2.75) is 19.4 Å². The molecule has 0 aromatic heterocycles. The number of nitrogens with zero attached hydrogens (tertiary/aromatic N) is 1. The summed E-state index contributed by atoms with van der Waals surface area (Å²) in [5.74, 6) is -1.83. The van der Waals surface area contributed by atoms with E-state index in [1.54, 1.807) is 0 Å².